The van der Waals surface area contributed by atoms with Crippen molar-refractivity contribution in [1.29, 1.82) is 0 Å². The molecule has 1 heterocycles. The fourth-order valence-corrected chi connectivity index (χ4v) is 1.60. The minimum absolute atomic E-state index is 0.774. The van der Waals surface area contributed by atoms with Crippen LogP contribution >= 0.6 is 0 Å². The Balaban J connectivity index is 2.27. The first kappa shape index (κ1) is 10.4. The van der Waals surface area contributed by atoms with E-state index in [0.29, 0.717) is 0 Å². The van der Waals surface area contributed by atoms with Gasteiger partial charge in [0.05, 0.1) is 7.11 Å². The smallest absolute Gasteiger partial charge is 0.118 e. The second kappa shape index (κ2) is 4.59. The molecule has 1 aromatic rings. The number of allylic oxidation sites excluding steroid dienone is 2. The largest absolute Gasteiger partial charge is 0.497 e. The fourth-order valence-electron chi connectivity index (χ4n) is 1.60. The number of hydrogen-bond donors (Lipinski definition) is 0. The van der Waals surface area contributed by atoms with Crippen molar-refractivity contribution in [2.75, 3.05) is 13.7 Å². The highest BCUT2D eigenvalue weighted by Crippen LogP contribution is 2.22. The summed E-state index contributed by atoms with van der Waals surface area (Å²) in [5, 5.41) is 0. The lowest BCUT2D eigenvalue weighted by atomic mass is 10.0. The predicted molar refractivity (Wildman–Crippen MR) is 65.7 cm³/mol. The molecule has 0 aliphatic carbocycles. The number of ether oxygens (including phenoxy) is 1. The Kier molecular flexibility index (Phi) is 2.98. The summed E-state index contributed by atoms with van der Waals surface area (Å²) in [6, 6.07) is 10.5. The molecule has 0 bridgehead atoms. The molecule has 0 aromatic heterocycles. The lowest BCUT2D eigenvalue weighted by Gasteiger charge is -2.16. The first-order valence-electron chi connectivity index (χ1n) is 5.09. The molecule has 0 atom stereocenters. The average molecular weight is 211 g/mol. The van der Waals surface area contributed by atoms with Gasteiger partial charge in [-0.05, 0) is 23.3 Å². The van der Waals surface area contributed by atoms with E-state index in [1.165, 1.54) is 0 Å². The summed E-state index contributed by atoms with van der Waals surface area (Å²) in [6.45, 7) is 0.774. The third kappa shape index (κ3) is 2.09. The van der Waals surface area contributed by atoms with E-state index in [-0.39, 0.29) is 0 Å². The van der Waals surface area contributed by atoms with Crippen LogP contribution < -0.4 is 4.74 Å². The van der Waals surface area contributed by atoms with Crippen LogP contribution in [0.25, 0.3) is 5.57 Å². The van der Waals surface area contributed by atoms with Gasteiger partial charge in [0.2, 0.25) is 0 Å². The van der Waals surface area contributed by atoms with Crippen LogP contribution in [0.5, 0.6) is 5.75 Å². The number of hydrogen-bond acceptors (Lipinski definition) is 2. The van der Waals surface area contributed by atoms with Crippen molar-refractivity contribution >= 4 is 5.57 Å². The predicted octanol–water partition coefficient (Wildman–Crippen LogP) is 2.50. The summed E-state index contributed by atoms with van der Waals surface area (Å²) in [5.74, 6) is 0.859. The molecular formula is C14H13NO. The Labute approximate surface area is 95.8 Å². The van der Waals surface area contributed by atoms with Gasteiger partial charge in [-0.1, -0.05) is 30.7 Å². The van der Waals surface area contributed by atoms with Gasteiger partial charge in [0.15, 0.2) is 0 Å². The van der Waals surface area contributed by atoms with Gasteiger partial charge in [-0.15, -0.1) is 0 Å². The van der Waals surface area contributed by atoms with Crippen LogP contribution in [-0.2, 0) is 0 Å². The lowest BCUT2D eigenvalue weighted by molar-refractivity contribution is 0.415. The number of benzene rings is 1. The van der Waals surface area contributed by atoms with E-state index in [0.717, 1.165) is 23.4 Å². The van der Waals surface area contributed by atoms with Crippen LogP contribution in [0.4, 0.5) is 0 Å². The van der Waals surface area contributed by atoms with Crippen molar-refractivity contribution in [3.8, 4) is 18.2 Å². The molecule has 16 heavy (non-hydrogen) atoms. The zero-order chi connectivity index (χ0) is 11.4. The van der Waals surface area contributed by atoms with Gasteiger partial charge in [-0.3, -0.25) is 0 Å². The molecular weight excluding hydrogens is 198 g/mol. The lowest BCUT2D eigenvalue weighted by Crippen LogP contribution is -2.13. The van der Waals surface area contributed by atoms with Crippen molar-refractivity contribution in [2.45, 2.75) is 0 Å². The molecule has 2 heteroatoms. The van der Waals surface area contributed by atoms with Gasteiger partial charge in [0.1, 0.15) is 5.75 Å². The molecule has 0 saturated heterocycles. The Bertz CT molecular complexity index is 463. The van der Waals surface area contributed by atoms with Crippen LogP contribution in [-0.4, -0.2) is 18.6 Å². The van der Waals surface area contributed by atoms with E-state index in [2.05, 4.69) is 18.2 Å². The van der Waals surface area contributed by atoms with E-state index >= 15 is 0 Å². The quantitative estimate of drug-likeness (QED) is 0.697. The SMILES string of the molecule is C#CN1C=C(c2ccc(OC)cc2)C=CC1. The molecule has 0 saturated carbocycles. The van der Waals surface area contributed by atoms with Gasteiger partial charge in [0.25, 0.3) is 0 Å². The van der Waals surface area contributed by atoms with Gasteiger partial charge in [0, 0.05) is 18.8 Å². The number of nitrogens with zero attached hydrogens (tertiary/aromatic N) is 1. The third-order valence-electron chi connectivity index (χ3n) is 2.48. The molecule has 80 valence electrons. The van der Waals surface area contributed by atoms with Crippen LogP contribution in [0.1, 0.15) is 5.56 Å². The van der Waals surface area contributed by atoms with E-state index in [4.69, 9.17) is 11.2 Å². The van der Waals surface area contributed by atoms with Gasteiger partial charge >= 0.3 is 0 Å². The molecule has 2 nitrogen and oxygen atoms in total. The second-order valence-corrected chi connectivity index (χ2v) is 3.50. The number of terminal acetylenes is 1. The van der Waals surface area contributed by atoms with Gasteiger partial charge in [-0.2, -0.15) is 0 Å². The summed E-state index contributed by atoms with van der Waals surface area (Å²) in [6.07, 6.45) is 11.5. The Hall–Kier alpha value is -2.14. The molecule has 1 aliphatic heterocycles. The van der Waals surface area contributed by atoms with Gasteiger partial charge < -0.3 is 9.64 Å². The van der Waals surface area contributed by atoms with Crippen molar-refractivity contribution in [3.63, 3.8) is 0 Å². The summed E-state index contributed by atoms with van der Waals surface area (Å²) in [4.78, 5) is 1.82. The fraction of sp³-hybridized carbons (Fsp3) is 0.143. The number of methoxy groups -OCH3 is 1. The number of rotatable bonds is 2. The first-order valence-corrected chi connectivity index (χ1v) is 5.09. The zero-order valence-corrected chi connectivity index (χ0v) is 9.18. The van der Waals surface area contributed by atoms with E-state index in [9.17, 15) is 0 Å². The van der Waals surface area contributed by atoms with E-state index in [1.54, 1.807) is 7.11 Å². The third-order valence-corrected chi connectivity index (χ3v) is 2.48. The van der Waals surface area contributed by atoms with Crippen LogP contribution in [0.15, 0.2) is 42.6 Å². The highest BCUT2D eigenvalue weighted by atomic mass is 16.5. The minimum Gasteiger partial charge on any atom is -0.497 e. The summed E-state index contributed by atoms with van der Waals surface area (Å²) >= 11 is 0. The normalized spacial score (nSPS) is 14.2. The Morgan fingerprint density at radius 1 is 1.31 bits per heavy atom. The molecule has 0 radical (unpaired) electrons. The maximum Gasteiger partial charge on any atom is 0.118 e. The van der Waals surface area contributed by atoms with Crippen LogP contribution in [0.3, 0.4) is 0 Å². The summed E-state index contributed by atoms with van der Waals surface area (Å²) in [5.41, 5.74) is 2.25. The standard InChI is InChI=1S/C14H13NO/c1-3-15-10-4-5-13(11-15)12-6-8-14(16-2)9-7-12/h1,4-9,11H,10H2,2H3. The molecule has 1 aromatic carbocycles. The highest BCUT2D eigenvalue weighted by Gasteiger charge is 2.05. The van der Waals surface area contributed by atoms with E-state index < -0.39 is 0 Å². The van der Waals surface area contributed by atoms with E-state index in [1.807, 2.05) is 35.4 Å². The van der Waals surface area contributed by atoms with Crippen molar-refractivity contribution in [2.24, 2.45) is 0 Å². The second-order valence-electron chi connectivity index (χ2n) is 3.50. The van der Waals surface area contributed by atoms with Crippen molar-refractivity contribution in [3.05, 3.63) is 48.2 Å². The van der Waals surface area contributed by atoms with Crippen molar-refractivity contribution in [1.82, 2.24) is 4.90 Å². The molecule has 0 amide bonds. The Morgan fingerprint density at radius 3 is 2.69 bits per heavy atom. The highest BCUT2D eigenvalue weighted by molar-refractivity contribution is 5.75. The molecule has 2 rings (SSSR count). The maximum absolute atomic E-state index is 5.37. The molecule has 0 N–H and O–H groups in total. The summed E-state index contributed by atoms with van der Waals surface area (Å²) in [7, 11) is 1.66. The maximum atomic E-state index is 5.37. The monoisotopic (exact) mass is 211 g/mol. The topological polar surface area (TPSA) is 12.5 Å². The van der Waals surface area contributed by atoms with Crippen molar-refractivity contribution < 1.29 is 4.74 Å². The Morgan fingerprint density at radius 2 is 2.06 bits per heavy atom. The molecule has 0 spiro atoms. The minimum atomic E-state index is 0.774. The van der Waals surface area contributed by atoms with Crippen LogP contribution in [0.2, 0.25) is 0 Å². The summed E-state index contributed by atoms with van der Waals surface area (Å²) < 4.78 is 5.12. The molecule has 0 fully saturated rings. The first-order chi connectivity index (χ1) is 7.83. The molecule has 1 aliphatic rings. The molecule has 0 unspecified atom stereocenters. The van der Waals surface area contributed by atoms with Crippen LogP contribution in [0, 0.1) is 12.5 Å². The zero-order valence-electron chi connectivity index (χ0n) is 9.18. The average Bonchev–Trinajstić information content (AvgIpc) is 2.39. The van der Waals surface area contributed by atoms with Gasteiger partial charge in [-0.25, -0.2) is 0 Å².